The van der Waals surface area contributed by atoms with Gasteiger partial charge in [0.1, 0.15) is 0 Å². The third kappa shape index (κ3) is 1.25. The van der Waals surface area contributed by atoms with Crippen LogP contribution in [0.5, 0.6) is 0 Å². The first-order valence-electron chi connectivity index (χ1n) is 3.87. The Labute approximate surface area is 66.0 Å². The molecule has 1 rings (SSSR count). The fraction of sp³-hybridized carbons (Fsp3) is 0.875. The molecule has 64 valence electrons. The van der Waals surface area contributed by atoms with E-state index in [4.69, 9.17) is 5.11 Å². The van der Waals surface area contributed by atoms with Gasteiger partial charge in [-0.15, -0.1) is 0 Å². The van der Waals surface area contributed by atoms with Crippen molar-refractivity contribution in [1.82, 2.24) is 0 Å². The van der Waals surface area contributed by atoms with E-state index in [2.05, 4.69) is 0 Å². The van der Waals surface area contributed by atoms with Crippen LogP contribution in [-0.2, 0) is 4.79 Å². The second kappa shape index (κ2) is 2.48. The average Bonchev–Trinajstić information content (AvgIpc) is 2.08. The van der Waals surface area contributed by atoms with Gasteiger partial charge in [-0.3, -0.25) is 4.79 Å². The van der Waals surface area contributed by atoms with Crippen molar-refractivity contribution in [2.75, 3.05) is 0 Å². The summed E-state index contributed by atoms with van der Waals surface area (Å²) in [5.41, 5.74) is -0.453. The van der Waals surface area contributed by atoms with E-state index in [0.29, 0.717) is 12.8 Å². The van der Waals surface area contributed by atoms with Crippen LogP contribution >= 0.6 is 0 Å². The number of aliphatic hydroxyl groups excluding tert-OH is 1. The van der Waals surface area contributed by atoms with Crippen molar-refractivity contribution in [3.63, 3.8) is 0 Å². The Morgan fingerprint density at radius 2 is 2.00 bits per heavy atom. The SMILES string of the molecule is CC1(C)[C@@H](C(=O)O)CC[C@@H]1O. The van der Waals surface area contributed by atoms with E-state index >= 15 is 0 Å². The molecule has 1 fully saturated rings. The summed E-state index contributed by atoms with van der Waals surface area (Å²) in [7, 11) is 0. The molecular formula is C8H14O3. The van der Waals surface area contributed by atoms with Crippen LogP contribution < -0.4 is 0 Å². The number of carboxylic acid groups (broad SMARTS) is 1. The highest BCUT2D eigenvalue weighted by Crippen LogP contribution is 2.42. The van der Waals surface area contributed by atoms with Crippen molar-refractivity contribution >= 4 is 5.97 Å². The largest absolute Gasteiger partial charge is 0.481 e. The molecule has 0 aromatic heterocycles. The van der Waals surface area contributed by atoms with Crippen LogP contribution in [0.1, 0.15) is 26.7 Å². The number of aliphatic carboxylic acids is 1. The number of hydrogen-bond acceptors (Lipinski definition) is 2. The minimum atomic E-state index is -0.786. The summed E-state index contributed by atoms with van der Waals surface area (Å²) < 4.78 is 0. The molecule has 0 amide bonds. The summed E-state index contributed by atoms with van der Waals surface area (Å²) in [6.45, 7) is 3.62. The molecule has 0 aliphatic heterocycles. The smallest absolute Gasteiger partial charge is 0.307 e. The lowest BCUT2D eigenvalue weighted by Gasteiger charge is -2.26. The fourth-order valence-corrected chi connectivity index (χ4v) is 1.74. The van der Waals surface area contributed by atoms with Crippen LogP contribution in [0.15, 0.2) is 0 Å². The van der Waals surface area contributed by atoms with E-state index in [0.717, 1.165) is 0 Å². The van der Waals surface area contributed by atoms with Crippen molar-refractivity contribution in [2.45, 2.75) is 32.8 Å². The molecule has 0 spiro atoms. The molecule has 2 N–H and O–H groups in total. The summed E-state index contributed by atoms with van der Waals surface area (Å²) >= 11 is 0. The topological polar surface area (TPSA) is 57.5 Å². The molecule has 3 nitrogen and oxygen atoms in total. The highest BCUT2D eigenvalue weighted by molar-refractivity contribution is 5.71. The minimum absolute atomic E-state index is 0.377. The Morgan fingerprint density at radius 1 is 1.45 bits per heavy atom. The number of carboxylic acids is 1. The molecule has 0 unspecified atom stereocenters. The van der Waals surface area contributed by atoms with Gasteiger partial charge in [0.2, 0.25) is 0 Å². The lowest BCUT2D eigenvalue weighted by Crippen LogP contribution is -2.33. The Balaban J connectivity index is 2.78. The molecule has 3 heteroatoms. The molecule has 0 bridgehead atoms. The zero-order chi connectivity index (χ0) is 8.65. The Morgan fingerprint density at radius 3 is 2.18 bits per heavy atom. The fourth-order valence-electron chi connectivity index (χ4n) is 1.74. The van der Waals surface area contributed by atoms with Gasteiger partial charge in [0, 0.05) is 5.41 Å². The van der Waals surface area contributed by atoms with E-state index in [1.165, 1.54) is 0 Å². The number of hydrogen-bond donors (Lipinski definition) is 2. The molecule has 0 saturated heterocycles. The van der Waals surface area contributed by atoms with Crippen molar-refractivity contribution < 1.29 is 15.0 Å². The van der Waals surface area contributed by atoms with Gasteiger partial charge in [-0.25, -0.2) is 0 Å². The van der Waals surface area contributed by atoms with Gasteiger partial charge < -0.3 is 10.2 Å². The molecule has 2 atom stereocenters. The maximum Gasteiger partial charge on any atom is 0.307 e. The second-order valence-corrected chi connectivity index (χ2v) is 3.81. The van der Waals surface area contributed by atoms with Crippen molar-refractivity contribution in [3.8, 4) is 0 Å². The van der Waals surface area contributed by atoms with Gasteiger partial charge >= 0.3 is 5.97 Å². The normalized spacial score (nSPS) is 35.5. The quantitative estimate of drug-likeness (QED) is 0.595. The number of rotatable bonds is 1. The van der Waals surface area contributed by atoms with E-state index in [1.807, 2.05) is 13.8 Å². The van der Waals surface area contributed by atoms with Crippen LogP contribution in [0.25, 0.3) is 0 Å². The van der Waals surface area contributed by atoms with Crippen molar-refractivity contribution in [1.29, 1.82) is 0 Å². The van der Waals surface area contributed by atoms with Gasteiger partial charge in [0.25, 0.3) is 0 Å². The van der Waals surface area contributed by atoms with Gasteiger partial charge in [-0.2, -0.15) is 0 Å². The lowest BCUT2D eigenvalue weighted by molar-refractivity contribution is -0.146. The number of aliphatic hydroxyl groups is 1. The van der Waals surface area contributed by atoms with Gasteiger partial charge in [0.15, 0.2) is 0 Å². The molecule has 0 radical (unpaired) electrons. The molecule has 1 saturated carbocycles. The molecule has 0 aromatic carbocycles. The lowest BCUT2D eigenvalue weighted by atomic mass is 9.80. The molecule has 1 aliphatic rings. The van der Waals surface area contributed by atoms with Crippen LogP contribution in [0.3, 0.4) is 0 Å². The Kier molecular flexibility index (Phi) is 1.92. The predicted octanol–water partition coefficient (Wildman–Crippen LogP) is 0.868. The molecule has 11 heavy (non-hydrogen) atoms. The molecular weight excluding hydrogens is 144 g/mol. The third-order valence-corrected chi connectivity index (χ3v) is 2.78. The standard InChI is InChI=1S/C8H14O3/c1-8(2)5(7(10)11)3-4-6(8)9/h5-6,9H,3-4H2,1-2H3,(H,10,11)/t5-,6+/m1/s1. The van der Waals surface area contributed by atoms with E-state index < -0.39 is 17.5 Å². The Hall–Kier alpha value is -0.570. The zero-order valence-corrected chi connectivity index (χ0v) is 6.87. The van der Waals surface area contributed by atoms with Gasteiger partial charge in [-0.05, 0) is 12.8 Å². The van der Waals surface area contributed by atoms with Gasteiger partial charge in [0.05, 0.1) is 12.0 Å². The van der Waals surface area contributed by atoms with Gasteiger partial charge in [-0.1, -0.05) is 13.8 Å². The summed E-state index contributed by atoms with van der Waals surface area (Å²) in [6.07, 6.45) is 0.761. The Bertz CT molecular complexity index is 174. The first kappa shape index (κ1) is 8.53. The summed E-state index contributed by atoms with van der Waals surface area (Å²) in [6, 6.07) is 0. The van der Waals surface area contributed by atoms with E-state index in [1.54, 1.807) is 0 Å². The predicted molar refractivity (Wildman–Crippen MR) is 40.1 cm³/mol. The molecule has 0 aromatic rings. The minimum Gasteiger partial charge on any atom is -0.481 e. The highest BCUT2D eigenvalue weighted by atomic mass is 16.4. The van der Waals surface area contributed by atoms with Crippen molar-refractivity contribution in [2.24, 2.45) is 11.3 Å². The first-order chi connectivity index (χ1) is 4.96. The maximum atomic E-state index is 10.7. The maximum absolute atomic E-state index is 10.7. The number of carbonyl (C=O) groups is 1. The van der Waals surface area contributed by atoms with Crippen molar-refractivity contribution in [3.05, 3.63) is 0 Å². The summed E-state index contributed by atoms with van der Waals surface area (Å²) in [5.74, 6) is -1.16. The zero-order valence-electron chi connectivity index (χ0n) is 6.87. The monoisotopic (exact) mass is 158 g/mol. The van der Waals surface area contributed by atoms with Crippen LogP contribution in [0.4, 0.5) is 0 Å². The summed E-state index contributed by atoms with van der Waals surface area (Å²) in [4.78, 5) is 10.7. The average molecular weight is 158 g/mol. The summed E-state index contributed by atoms with van der Waals surface area (Å²) in [5, 5.41) is 18.2. The first-order valence-corrected chi connectivity index (χ1v) is 3.87. The van der Waals surface area contributed by atoms with Crippen LogP contribution in [0.2, 0.25) is 0 Å². The van der Waals surface area contributed by atoms with E-state index in [9.17, 15) is 9.90 Å². The molecule has 1 aliphatic carbocycles. The van der Waals surface area contributed by atoms with Crippen LogP contribution in [0, 0.1) is 11.3 Å². The van der Waals surface area contributed by atoms with E-state index in [-0.39, 0.29) is 5.92 Å². The van der Waals surface area contributed by atoms with Crippen LogP contribution in [-0.4, -0.2) is 22.3 Å². The third-order valence-electron chi connectivity index (χ3n) is 2.78. The highest BCUT2D eigenvalue weighted by Gasteiger charge is 2.45. The molecule has 0 heterocycles. The second-order valence-electron chi connectivity index (χ2n) is 3.81.